The molecule has 0 saturated carbocycles. The lowest BCUT2D eigenvalue weighted by Gasteiger charge is -2.12. The van der Waals surface area contributed by atoms with Crippen molar-refractivity contribution in [1.82, 2.24) is 4.98 Å². The summed E-state index contributed by atoms with van der Waals surface area (Å²) in [5.74, 6) is -1.22. The van der Waals surface area contributed by atoms with Gasteiger partial charge in [-0.25, -0.2) is 8.78 Å². The molecule has 0 radical (unpaired) electrons. The molecule has 1 unspecified atom stereocenters. The van der Waals surface area contributed by atoms with Gasteiger partial charge in [-0.05, 0) is 35.7 Å². The van der Waals surface area contributed by atoms with Crippen LogP contribution in [0.5, 0.6) is 0 Å². The number of nitrogens with zero attached hydrogens (tertiary/aromatic N) is 1. The zero-order valence-electron chi connectivity index (χ0n) is 9.68. The maximum absolute atomic E-state index is 13.6. The molecule has 0 aliphatic rings. The van der Waals surface area contributed by atoms with E-state index in [9.17, 15) is 13.9 Å². The van der Waals surface area contributed by atoms with Crippen LogP contribution < -0.4 is 0 Å². The molecule has 2 nitrogen and oxygen atoms in total. The van der Waals surface area contributed by atoms with Gasteiger partial charge >= 0.3 is 0 Å². The second-order valence-corrected chi connectivity index (χ2v) is 5.09. The number of hydrogen-bond acceptors (Lipinski definition) is 3. The van der Waals surface area contributed by atoms with Gasteiger partial charge in [0.2, 0.25) is 0 Å². The number of thiophene rings is 1. The van der Waals surface area contributed by atoms with E-state index in [2.05, 4.69) is 4.98 Å². The summed E-state index contributed by atoms with van der Waals surface area (Å²) < 4.78 is 27.6. The first-order chi connectivity index (χ1) is 9.15. The highest BCUT2D eigenvalue weighted by Gasteiger charge is 2.17. The lowest BCUT2D eigenvalue weighted by Crippen LogP contribution is -2.03. The fourth-order valence-electron chi connectivity index (χ4n) is 1.91. The standard InChI is InChI=1S/C14H9F2NOS/c15-9-1-2-11(16)10(6-9)14(18)8-5-13-12(17-7-8)3-4-19-13/h1-7,14,18H. The van der Waals surface area contributed by atoms with Crippen LogP contribution in [-0.2, 0) is 0 Å². The first-order valence-electron chi connectivity index (χ1n) is 5.61. The van der Waals surface area contributed by atoms with E-state index in [0.717, 1.165) is 28.4 Å². The Balaban J connectivity index is 2.07. The Morgan fingerprint density at radius 3 is 2.84 bits per heavy atom. The third kappa shape index (κ3) is 2.22. The number of aromatic nitrogens is 1. The number of benzene rings is 1. The molecule has 19 heavy (non-hydrogen) atoms. The highest BCUT2D eigenvalue weighted by Crippen LogP contribution is 2.28. The number of fused-ring (bicyclic) bond motifs is 1. The molecule has 0 amide bonds. The van der Waals surface area contributed by atoms with Crippen LogP contribution in [0.3, 0.4) is 0 Å². The number of aliphatic hydroxyl groups excluding tert-OH is 1. The Bertz CT molecular complexity index is 741. The van der Waals surface area contributed by atoms with Gasteiger partial charge in [-0.1, -0.05) is 0 Å². The van der Waals surface area contributed by atoms with Crippen LogP contribution in [0.15, 0.2) is 41.9 Å². The molecule has 0 aliphatic carbocycles. The smallest absolute Gasteiger partial charge is 0.129 e. The number of halogens is 2. The molecule has 0 aliphatic heterocycles. The summed E-state index contributed by atoms with van der Waals surface area (Å²) in [6, 6.07) is 6.62. The molecule has 96 valence electrons. The maximum Gasteiger partial charge on any atom is 0.129 e. The molecule has 3 rings (SSSR count). The van der Waals surface area contributed by atoms with Crippen molar-refractivity contribution in [2.75, 3.05) is 0 Å². The quantitative estimate of drug-likeness (QED) is 0.775. The zero-order chi connectivity index (χ0) is 13.4. The van der Waals surface area contributed by atoms with Crippen LogP contribution in [0.25, 0.3) is 10.2 Å². The fourth-order valence-corrected chi connectivity index (χ4v) is 2.70. The van der Waals surface area contributed by atoms with Gasteiger partial charge in [-0.3, -0.25) is 4.98 Å². The van der Waals surface area contributed by atoms with E-state index < -0.39 is 17.7 Å². The third-order valence-corrected chi connectivity index (χ3v) is 3.75. The Labute approximate surface area is 112 Å². The summed E-state index contributed by atoms with van der Waals surface area (Å²) in [5, 5.41) is 12.0. The number of pyridine rings is 1. The van der Waals surface area contributed by atoms with Crippen molar-refractivity contribution < 1.29 is 13.9 Å². The first kappa shape index (κ1) is 12.2. The average Bonchev–Trinajstić information content (AvgIpc) is 2.88. The van der Waals surface area contributed by atoms with Crippen molar-refractivity contribution in [3.8, 4) is 0 Å². The summed E-state index contributed by atoms with van der Waals surface area (Å²) in [5.41, 5.74) is 1.18. The molecular weight excluding hydrogens is 268 g/mol. The van der Waals surface area contributed by atoms with Gasteiger partial charge in [0, 0.05) is 17.3 Å². The third-order valence-electron chi connectivity index (χ3n) is 2.89. The molecule has 1 aromatic carbocycles. The summed E-state index contributed by atoms with van der Waals surface area (Å²) in [4.78, 5) is 4.17. The van der Waals surface area contributed by atoms with E-state index in [1.165, 1.54) is 17.5 Å². The highest BCUT2D eigenvalue weighted by atomic mass is 32.1. The predicted octanol–water partition coefficient (Wildman–Crippen LogP) is 3.66. The Kier molecular flexibility index (Phi) is 3.00. The second kappa shape index (κ2) is 4.68. The van der Waals surface area contributed by atoms with Crippen LogP contribution in [0.1, 0.15) is 17.2 Å². The Hall–Kier alpha value is -1.85. The van der Waals surface area contributed by atoms with E-state index in [1.807, 2.05) is 11.4 Å². The summed E-state index contributed by atoms with van der Waals surface area (Å²) in [6.45, 7) is 0. The molecule has 1 N–H and O–H groups in total. The lowest BCUT2D eigenvalue weighted by molar-refractivity contribution is 0.214. The van der Waals surface area contributed by atoms with Crippen molar-refractivity contribution in [2.45, 2.75) is 6.10 Å². The van der Waals surface area contributed by atoms with Gasteiger partial charge in [0.1, 0.15) is 17.7 Å². The van der Waals surface area contributed by atoms with Crippen LogP contribution in [0.2, 0.25) is 0 Å². The normalized spacial score (nSPS) is 12.8. The maximum atomic E-state index is 13.6. The van der Waals surface area contributed by atoms with Crippen molar-refractivity contribution in [3.05, 3.63) is 64.7 Å². The van der Waals surface area contributed by atoms with Crippen LogP contribution in [0.4, 0.5) is 8.78 Å². The molecule has 3 aromatic rings. The monoisotopic (exact) mass is 277 g/mol. The van der Waals surface area contributed by atoms with Gasteiger partial charge < -0.3 is 5.11 Å². The summed E-state index contributed by atoms with van der Waals surface area (Å²) >= 11 is 1.48. The van der Waals surface area contributed by atoms with Crippen molar-refractivity contribution in [3.63, 3.8) is 0 Å². The molecule has 0 bridgehead atoms. The summed E-state index contributed by atoms with van der Waals surface area (Å²) in [7, 11) is 0. The van der Waals surface area contributed by atoms with Crippen molar-refractivity contribution in [1.29, 1.82) is 0 Å². The minimum atomic E-state index is -1.23. The molecule has 2 aromatic heterocycles. The van der Waals surface area contributed by atoms with Gasteiger partial charge in [-0.15, -0.1) is 11.3 Å². The lowest BCUT2D eigenvalue weighted by atomic mass is 10.0. The number of aliphatic hydroxyl groups is 1. The van der Waals surface area contributed by atoms with Crippen LogP contribution in [-0.4, -0.2) is 10.1 Å². The number of hydrogen-bond donors (Lipinski definition) is 1. The highest BCUT2D eigenvalue weighted by molar-refractivity contribution is 7.17. The topological polar surface area (TPSA) is 33.1 Å². The van der Waals surface area contributed by atoms with E-state index in [1.54, 1.807) is 6.07 Å². The van der Waals surface area contributed by atoms with Gasteiger partial charge in [0.05, 0.1) is 10.2 Å². The van der Waals surface area contributed by atoms with Gasteiger partial charge in [0.25, 0.3) is 0 Å². The van der Waals surface area contributed by atoms with E-state index in [4.69, 9.17) is 0 Å². The van der Waals surface area contributed by atoms with Gasteiger partial charge in [0.15, 0.2) is 0 Å². The molecule has 5 heteroatoms. The van der Waals surface area contributed by atoms with Crippen LogP contribution >= 0.6 is 11.3 Å². The van der Waals surface area contributed by atoms with E-state index >= 15 is 0 Å². The summed E-state index contributed by atoms with van der Waals surface area (Å²) in [6.07, 6.45) is 0.249. The molecular formula is C14H9F2NOS. The minimum absolute atomic E-state index is 0.0855. The SMILES string of the molecule is OC(c1cnc2ccsc2c1)c1cc(F)ccc1F. The van der Waals surface area contributed by atoms with E-state index in [0.29, 0.717) is 5.56 Å². The van der Waals surface area contributed by atoms with Crippen molar-refractivity contribution in [2.24, 2.45) is 0 Å². The second-order valence-electron chi connectivity index (χ2n) is 4.14. The predicted molar refractivity (Wildman–Crippen MR) is 70.0 cm³/mol. The fraction of sp³-hybridized carbons (Fsp3) is 0.0714. The molecule has 0 saturated heterocycles. The minimum Gasteiger partial charge on any atom is -0.383 e. The molecule has 0 fully saturated rings. The van der Waals surface area contributed by atoms with Gasteiger partial charge in [-0.2, -0.15) is 0 Å². The average molecular weight is 277 g/mol. The Morgan fingerprint density at radius 1 is 1.16 bits per heavy atom. The Morgan fingerprint density at radius 2 is 2.00 bits per heavy atom. The van der Waals surface area contributed by atoms with Crippen LogP contribution in [0, 0.1) is 11.6 Å². The molecule has 2 heterocycles. The largest absolute Gasteiger partial charge is 0.383 e. The first-order valence-corrected chi connectivity index (χ1v) is 6.49. The zero-order valence-corrected chi connectivity index (χ0v) is 10.5. The van der Waals surface area contributed by atoms with Crippen molar-refractivity contribution >= 4 is 21.6 Å². The molecule has 0 spiro atoms. The molecule has 1 atom stereocenters. The van der Waals surface area contributed by atoms with E-state index in [-0.39, 0.29) is 5.56 Å². The number of rotatable bonds is 2.